The van der Waals surface area contributed by atoms with Gasteiger partial charge < -0.3 is 15.5 Å². The Kier molecular flexibility index (Phi) is 5.74. The van der Waals surface area contributed by atoms with Gasteiger partial charge in [0, 0.05) is 18.8 Å². The molecule has 2 N–H and O–H groups in total. The normalized spacial score (nSPS) is 21.4. The molecule has 130 valence electrons. The number of amides is 2. The fraction of sp³-hybridized carbons (Fsp3) is 0.556. The lowest BCUT2D eigenvalue weighted by Gasteiger charge is -2.27. The molecule has 24 heavy (non-hydrogen) atoms. The van der Waals surface area contributed by atoms with Gasteiger partial charge in [-0.1, -0.05) is 18.0 Å². The minimum atomic E-state index is -0.146. The summed E-state index contributed by atoms with van der Waals surface area (Å²) in [6, 6.07) is 4.99. The van der Waals surface area contributed by atoms with Crippen molar-refractivity contribution in [2.45, 2.75) is 44.6 Å². The van der Waals surface area contributed by atoms with Gasteiger partial charge in [0.15, 0.2) is 0 Å². The lowest BCUT2D eigenvalue weighted by Crippen LogP contribution is -2.43. The molecule has 0 bridgehead atoms. The van der Waals surface area contributed by atoms with Crippen LogP contribution in [0, 0.1) is 0 Å². The van der Waals surface area contributed by atoms with Gasteiger partial charge in [0.05, 0.1) is 16.6 Å². The number of nitrogens with zero attached hydrogens (tertiary/aromatic N) is 1. The Balaban J connectivity index is 1.65. The second-order valence-corrected chi connectivity index (χ2v) is 6.95. The quantitative estimate of drug-likeness (QED) is 0.881. The highest BCUT2D eigenvalue weighted by molar-refractivity contribution is 6.34. The van der Waals surface area contributed by atoms with Gasteiger partial charge in [0.2, 0.25) is 5.91 Å². The van der Waals surface area contributed by atoms with Gasteiger partial charge in [-0.15, -0.1) is 0 Å². The standard InChI is InChI=1S/C18H24ClN3O2/c19-15-12-13(21-17(23)16-6-2-3-9-20-16)7-8-14(15)18(24)22-10-4-1-5-11-22/h7-8,12,16,20H,1-6,9-11H2,(H,21,23). The molecule has 0 radical (unpaired) electrons. The Bertz CT molecular complexity index is 608. The van der Waals surface area contributed by atoms with Crippen LogP contribution in [-0.2, 0) is 4.79 Å². The molecule has 0 aliphatic carbocycles. The molecule has 0 saturated carbocycles. The van der Waals surface area contributed by atoms with Crippen LogP contribution in [0.25, 0.3) is 0 Å². The molecule has 2 aliphatic rings. The molecule has 6 heteroatoms. The molecular weight excluding hydrogens is 326 g/mol. The number of hydrogen-bond acceptors (Lipinski definition) is 3. The van der Waals surface area contributed by atoms with Crippen LogP contribution in [0.15, 0.2) is 18.2 Å². The van der Waals surface area contributed by atoms with Crippen LogP contribution >= 0.6 is 11.6 Å². The van der Waals surface area contributed by atoms with E-state index in [0.717, 1.165) is 51.7 Å². The third kappa shape index (κ3) is 4.08. The molecule has 5 nitrogen and oxygen atoms in total. The van der Waals surface area contributed by atoms with Gasteiger partial charge in [0.25, 0.3) is 5.91 Å². The largest absolute Gasteiger partial charge is 0.339 e. The van der Waals surface area contributed by atoms with Crippen LogP contribution in [0.3, 0.4) is 0 Å². The van der Waals surface area contributed by atoms with Gasteiger partial charge in [-0.3, -0.25) is 9.59 Å². The number of anilines is 1. The van der Waals surface area contributed by atoms with E-state index in [2.05, 4.69) is 10.6 Å². The van der Waals surface area contributed by atoms with E-state index in [9.17, 15) is 9.59 Å². The summed E-state index contributed by atoms with van der Waals surface area (Å²) in [6.07, 6.45) is 6.30. The Morgan fingerprint density at radius 3 is 2.58 bits per heavy atom. The van der Waals surface area contributed by atoms with Crippen molar-refractivity contribution in [1.29, 1.82) is 0 Å². The summed E-state index contributed by atoms with van der Waals surface area (Å²) in [4.78, 5) is 26.7. The van der Waals surface area contributed by atoms with E-state index < -0.39 is 0 Å². The van der Waals surface area contributed by atoms with E-state index in [-0.39, 0.29) is 17.9 Å². The number of rotatable bonds is 3. The topological polar surface area (TPSA) is 61.4 Å². The Morgan fingerprint density at radius 1 is 1.12 bits per heavy atom. The van der Waals surface area contributed by atoms with E-state index in [0.29, 0.717) is 16.3 Å². The minimum Gasteiger partial charge on any atom is -0.339 e. The molecule has 2 aliphatic heterocycles. The van der Waals surface area contributed by atoms with Crippen molar-refractivity contribution < 1.29 is 9.59 Å². The van der Waals surface area contributed by atoms with Crippen molar-refractivity contribution in [3.05, 3.63) is 28.8 Å². The number of piperidine rings is 2. The van der Waals surface area contributed by atoms with Crippen molar-refractivity contribution in [2.24, 2.45) is 0 Å². The zero-order valence-corrected chi connectivity index (χ0v) is 14.6. The minimum absolute atomic E-state index is 0.0217. The number of halogens is 1. The molecule has 1 aromatic carbocycles. The number of carbonyl (C=O) groups excluding carboxylic acids is 2. The van der Waals surface area contributed by atoms with Crippen LogP contribution in [0.4, 0.5) is 5.69 Å². The number of likely N-dealkylation sites (tertiary alicyclic amines) is 1. The first-order chi connectivity index (χ1) is 11.6. The van der Waals surface area contributed by atoms with Gasteiger partial charge in [-0.25, -0.2) is 0 Å². The van der Waals surface area contributed by atoms with E-state index in [4.69, 9.17) is 11.6 Å². The van der Waals surface area contributed by atoms with E-state index >= 15 is 0 Å². The summed E-state index contributed by atoms with van der Waals surface area (Å²) in [5.41, 5.74) is 1.14. The van der Waals surface area contributed by atoms with Crippen molar-refractivity contribution >= 4 is 29.1 Å². The molecule has 2 heterocycles. The van der Waals surface area contributed by atoms with Gasteiger partial charge in [-0.2, -0.15) is 0 Å². The summed E-state index contributed by atoms with van der Waals surface area (Å²) >= 11 is 6.30. The Hall–Kier alpha value is -1.59. The zero-order valence-electron chi connectivity index (χ0n) is 13.8. The molecule has 2 fully saturated rings. The van der Waals surface area contributed by atoms with Crippen molar-refractivity contribution in [3.8, 4) is 0 Å². The summed E-state index contributed by atoms with van der Waals surface area (Å²) in [5.74, 6) is -0.0626. The Labute approximate surface area is 147 Å². The third-order valence-corrected chi connectivity index (χ3v) is 5.05. The van der Waals surface area contributed by atoms with Crippen molar-refractivity contribution in [2.75, 3.05) is 25.0 Å². The molecule has 1 unspecified atom stereocenters. The van der Waals surface area contributed by atoms with E-state index in [1.807, 2.05) is 4.90 Å². The Morgan fingerprint density at radius 2 is 1.92 bits per heavy atom. The summed E-state index contributed by atoms with van der Waals surface area (Å²) in [6.45, 7) is 2.46. The highest BCUT2D eigenvalue weighted by Gasteiger charge is 2.22. The highest BCUT2D eigenvalue weighted by Crippen LogP contribution is 2.24. The maximum Gasteiger partial charge on any atom is 0.255 e. The number of carbonyl (C=O) groups is 2. The number of hydrogen-bond donors (Lipinski definition) is 2. The number of nitrogens with one attached hydrogen (secondary N) is 2. The molecule has 1 aromatic rings. The molecule has 2 saturated heterocycles. The fourth-order valence-electron chi connectivity index (χ4n) is 3.34. The van der Waals surface area contributed by atoms with Crippen molar-refractivity contribution in [1.82, 2.24) is 10.2 Å². The maximum atomic E-state index is 12.5. The SMILES string of the molecule is O=C(Nc1ccc(C(=O)N2CCCCC2)c(Cl)c1)C1CCCCN1. The predicted octanol–water partition coefficient (Wildman–Crippen LogP) is 3.05. The number of benzene rings is 1. The van der Waals surface area contributed by atoms with E-state index in [1.165, 1.54) is 6.42 Å². The lowest BCUT2D eigenvalue weighted by molar-refractivity contribution is -0.118. The van der Waals surface area contributed by atoms with Crippen molar-refractivity contribution in [3.63, 3.8) is 0 Å². The summed E-state index contributed by atoms with van der Waals surface area (Å²) < 4.78 is 0. The summed E-state index contributed by atoms with van der Waals surface area (Å²) in [5, 5.41) is 6.50. The second-order valence-electron chi connectivity index (χ2n) is 6.54. The van der Waals surface area contributed by atoms with Crippen LogP contribution in [-0.4, -0.2) is 42.4 Å². The second kappa shape index (κ2) is 7.99. The molecule has 0 spiro atoms. The monoisotopic (exact) mass is 349 g/mol. The third-order valence-electron chi connectivity index (χ3n) is 4.74. The van der Waals surface area contributed by atoms with Gasteiger partial charge in [-0.05, 0) is 56.8 Å². The molecule has 3 rings (SSSR count). The lowest BCUT2D eigenvalue weighted by atomic mass is 10.0. The molecule has 2 amide bonds. The fourth-order valence-corrected chi connectivity index (χ4v) is 3.60. The van der Waals surface area contributed by atoms with Crippen LogP contribution in [0.1, 0.15) is 48.9 Å². The highest BCUT2D eigenvalue weighted by atomic mass is 35.5. The predicted molar refractivity (Wildman–Crippen MR) is 95.5 cm³/mol. The van der Waals surface area contributed by atoms with Gasteiger partial charge >= 0.3 is 0 Å². The molecular formula is C18H24ClN3O2. The first-order valence-electron chi connectivity index (χ1n) is 8.78. The average Bonchev–Trinajstić information content (AvgIpc) is 2.63. The average molecular weight is 350 g/mol. The van der Waals surface area contributed by atoms with Crippen LogP contribution < -0.4 is 10.6 Å². The first kappa shape index (κ1) is 17.2. The zero-order chi connectivity index (χ0) is 16.9. The maximum absolute atomic E-state index is 12.5. The first-order valence-corrected chi connectivity index (χ1v) is 9.16. The van der Waals surface area contributed by atoms with E-state index in [1.54, 1.807) is 18.2 Å². The molecule has 0 aromatic heterocycles. The smallest absolute Gasteiger partial charge is 0.255 e. The summed E-state index contributed by atoms with van der Waals surface area (Å²) in [7, 11) is 0. The van der Waals surface area contributed by atoms with Crippen LogP contribution in [0.2, 0.25) is 5.02 Å². The molecule has 1 atom stereocenters. The van der Waals surface area contributed by atoms with Crippen LogP contribution in [0.5, 0.6) is 0 Å². The van der Waals surface area contributed by atoms with Gasteiger partial charge in [0.1, 0.15) is 0 Å².